The lowest BCUT2D eigenvalue weighted by Gasteiger charge is -2.21. The van der Waals surface area contributed by atoms with E-state index in [2.05, 4.69) is 20.9 Å². The summed E-state index contributed by atoms with van der Waals surface area (Å²) in [5.41, 5.74) is 4.32. The standard InChI is InChI=1S/C33H29Cl2N7O4/c1-20-17-27(42-16-15-38-40-42)23-5-4-6-28(32(23)39-20)46-19-24-25(34)12-13-26(31(24)35)41(3)30(44)18-37-29(43)14-9-21-7-10-22(11-8-21)33(45)36-2/h4-17H,18-19H2,1-3H3,(H,36,45)(H,37,43)/b14-9+. The SMILES string of the molecule is CNC(=O)c1ccc(/C=C/C(=O)NCC(=O)N(C)c2ccc(Cl)c(COc3cccc4c(-n5ccnn5)cc(C)nc34)c2Cl)cc1. The number of para-hydroxylation sites is 1. The maximum Gasteiger partial charge on any atom is 0.251 e. The molecule has 0 aliphatic heterocycles. The maximum absolute atomic E-state index is 13.0. The number of ether oxygens (including phenoxy) is 1. The van der Waals surface area contributed by atoms with Gasteiger partial charge in [-0.2, -0.15) is 0 Å². The zero-order valence-electron chi connectivity index (χ0n) is 25.1. The number of aromatic nitrogens is 4. The average molecular weight is 659 g/mol. The van der Waals surface area contributed by atoms with Crippen molar-refractivity contribution in [3.05, 3.63) is 112 Å². The molecule has 11 nitrogen and oxygen atoms in total. The number of rotatable bonds is 10. The molecule has 2 heterocycles. The van der Waals surface area contributed by atoms with E-state index >= 15 is 0 Å². The van der Waals surface area contributed by atoms with Gasteiger partial charge >= 0.3 is 0 Å². The minimum atomic E-state index is -0.459. The molecule has 0 radical (unpaired) electrons. The van der Waals surface area contributed by atoms with Crippen molar-refractivity contribution in [3.8, 4) is 11.4 Å². The Bertz CT molecular complexity index is 1940. The number of fused-ring (bicyclic) bond motifs is 1. The number of hydrogen-bond donors (Lipinski definition) is 2. The van der Waals surface area contributed by atoms with Crippen LogP contribution in [0.25, 0.3) is 22.7 Å². The summed E-state index contributed by atoms with van der Waals surface area (Å²) in [6.07, 6.45) is 6.25. The van der Waals surface area contributed by atoms with Crippen LogP contribution in [0.4, 0.5) is 5.69 Å². The van der Waals surface area contributed by atoms with Crippen LogP contribution >= 0.6 is 23.2 Å². The van der Waals surface area contributed by atoms with Crippen molar-refractivity contribution >= 4 is 63.6 Å². The monoisotopic (exact) mass is 657 g/mol. The summed E-state index contributed by atoms with van der Waals surface area (Å²) in [5, 5.41) is 14.6. The Morgan fingerprint density at radius 1 is 1.07 bits per heavy atom. The summed E-state index contributed by atoms with van der Waals surface area (Å²) < 4.78 is 7.86. The third kappa shape index (κ3) is 7.17. The van der Waals surface area contributed by atoms with Gasteiger partial charge in [-0.25, -0.2) is 9.67 Å². The third-order valence-corrected chi connectivity index (χ3v) is 7.87. The van der Waals surface area contributed by atoms with E-state index in [-0.39, 0.29) is 24.1 Å². The molecule has 0 aliphatic carbocycles. The van der Waals surface area contributed by atoms with E-state index in [1.54, 1.807) is 79.7 Å². The molecule has 0 saturated heterocycles. The van der Waals surface area contributed by atoms with E-state index in [0.29, 0.717) is 33.1 Å². The Balaban J connectivity index is 1.25. The van der Waals surface area contributed by atoms with Crippen molar-refractivity contribution in [1.82, 2.24) is 30.6 Å². The highest BCUT2D eigenvalue weighted by atomic mass is 35.5. The molecule has 0 bridgehead atoms. The van der Waals surface area contributed by atoms with Crippen LogP contribution in [0.2, 0.25) is 10.0 Å². The molecule has 0 fully saturated rings. The number of carbonyl (C=O) groups excluding carboxylic acids is 3. The molecule has 0 atom stereocenters. The molecule has 0 saturated carbocycles. The molecule has 0 aliphatic rings. The topological polar surface area (TPSA) is 131 Å². The van der Waals surface area contributed by atoms with Crippen LogP contribution in [0.1, 0.15) is 27.2 Å². The highest BCUT2D eigenvalue weighted by Gasteiger charge is 2.20. The quantitative estimate of drug-likeness (QED) is 0.198. The number of hydrogen-bond acceptors (Lipinski definition) is 7. The van der Waals surface area contributed by atoms with Gasteiger partial charge in [-0.05, 0) is 55.0 Å². The maximum atomic E-state index is 13.0. The Hall–Kier alpha value is -5.26. The first kappa shape index (κ1) is 32.1. The first-order valence-electron chi connectivity index (χ1n) is 14.1. The van der Waals surface area contributed by atoms with Crippen LogP contribution in [0, 0.1) is 6.92 Å². The van der Waals surface area contributed by atoms with Gasteiger partial charge in [0.05, 0.1) is 35.3 Å². The third-order valence-electron chi connectivity index (χ3n) is 7.09. The number of carbonyl (C=O) groups is 3. The van der Waals surface area contributed by atoms with Gasteiger partial charge in [0.25, 0.3) is 5.91 Å². The predicted molar refractivity (Wildman–Crippen MR) is 177 cm³/mol. The largest absolute Gasteiger partial charge is 0.487 e. The fraction of sp³-hybridized carbons (Fsp3) is 0.152. The van der Waals surface area contributed by atoms with E-state index in [4.69, 9.17) is 32.9 Å². The molecular formula is C33H29Cl2N7O4. The van der Waals surface area contributed by atoms with Gasteiger partial charge in [-0.1, -0.05) is 52.7 Å². The summed E-state index contributed by atoms with van der Waals surface area (Å²) in [4.78, 5) is 43.1. The van der Waals surface area contributed by atoms with Gasteiger partial charge in [0.15, 0.2) is 0 Å². The Labute approximate surface area is 274 Å². The Kier molecular flexibility index (Phi) is 9.94. The zero-order chi connectivity index (χ0) is 32.8. The van der Waals surface area contributed by atoms with Crippen LogP contribution < -0.4 is 20.3 Å². The number of likely N-dealkylation sites (N-methyl/N-ethyl adjacent to an activating group) is 1. The predicted octanol–water partition coefficient (Wildman–Crippen LogP) is 5.16. The number of halogens is 2. The number of amides is 3. The van der Waals surface area contributed by atoms with E-state index in [1.165, 1.54) is 11.0 Å². The first-order valence-corrected chi connectivity index (χ1v) is 14.8. The van der Waals surface area contributed by atoms with E-state index in [0.717, 1.165) is 22.3 Å². The summed E-state index contributed by atoms with van der Waals surface area (Å²) in [7, 11) is 3.11. The summed E-state index contributed by atoms with van der Waals surface area (Å²) in [5.74, 6) is -0.545. The Morgan fingerprint density at radius 2 is 1.85 bits per heavy atom. The van der Waals surface area contributed by atoms with Gasteiger partial charge in [-0.3, -0.25) is 14.4 Å². The van der Waals surface area contributed by atoms with Gasteiger partial charge in [0, 0.05) is 47.4 Å². The molecule has 5 rings (SSSR count). The minimum absolute atomic E-state index is 0.00651. The van der Waals surface area contributed by atoms with E-state index in [9.17, 15) is 14.4 Å². The highest BCUT2D eigenvalue weighted by molar-refractivity contribution is 6.38. The second-order valence-corrected chi connectivity index (χ2v) is 10.9. The molecule has 0 spiro atoms. The number of anilines is 1. The fourth-order valence-electron chi connectivity index (χ4n) is 4.63. The van der Waals surface area contributed by atoms with Crippen molar-refractivity contribution in [1.29, 1.82) is 0 Å². The zero-order valence-corrected chi connectivity index (χ0v) is 26.6. The van der Waals surface area contributed by atoms with Crippen LogP contribution in [-0.2, 0) is 16.2 Å². The van der Waals surface area contributed by atoms with Crippen LogP contribution in [0.5, 0.6) is 5.75 Å². The van der Waals surface area contributed by atoms with Crippen LogP contribution in [-0.4, -0.2) is 58.3 Å². The van der Waals surface area contributed by atoms with Crippen molar-refractivity contribution in [2.75, 3.05) is 25.5 Å². The van der Waals surface area contributed by atoms with E-state index < -0.39 is 11.8 Å². The fourth-order valence-corrected chi connectivity index (χ4v) is 5.24. The van der Waals surface area contributed by atoms with Crippen molar-refractivity contribution < 1.29 is 19.1 Å². The van der Waals surface area contributed by atoms with Gasteiger partial charge in [0.1, 0.15) is 17.9 Å². The number of nitrogens with zero attached hydrogens (tertiary/aromatic N) is 5. The smallest absolute Gasteiger partial charge is 0.251 e. The molecule has 5 aromatic rings. The second-order valence-electron chi connectivity index (χ2n) is 10.1. The number of nitrogens with one attached hydrogen (secondary N) is 2. The van der Waals surface area contributed by atoms with Crippen LogP contribution in [0.3, 0.4) is 0 Å². The molecule has 2 N–H and O–H groups in total. The van der Waals surface area contributed by atoms with Gasteiger partial charge in [-0.15, -0.1) is 5.10 Å². The van der Waals surface area contributed by atoms with Crippen molar-refractivity contribution in [2.24, 2.45) is 0 Å². The number of aryl methyl sites for hydroxylation is 1. The van der Waals surface area contributed by atoms with Crippen LogP contribution in [0.15, 0.2) is 79.1 Å². The molecule has 13 heteroatoms. The summed E-state index contributed by atoms with van der Waals surface area (Å²) in [6.45, 7) is 1.62. The molecule has 2 aromatic heterocycles. The average Bonchev–Trinajstić information content (AvgIpc) is 3.60. The Morgan fingerprint density at radius 3 is 2.57 bits per heavy atom. The summed E-state index contributed by atoms with van der Waals surface area (Å²) in [6, 6.07) is 17.5. The molecule has 0 unspecified atom stereocenters. The first-order chi connectivity index (χ1) is 22.2. The van der Waals surface area contributed by atoms with Gasteiger partial charge < -0.3 is 20.3 Å². The number of pyridine rings is 1. The molecular weight excluding hydrogens is 629 g/mol. The van der Waals surface area contributed by atoms with Gasteiger partial charge in [0.2, 0.25) is 11.8 Å². The normalized spacial score (nSPS) is 11.1. The van der Waals surface area contributed by atoms with E-state index in [1.807, 2.05) is 25.1 Å². The molecule has 3 amide bonds. The lowest BCUT2D eigenvalue weighted by atomic mass is 10.1. The van der Waals surface area contributed by atoms with Crippen molar-refractivity contribution in [3.63, 3.8) is 0 Å². The second kappa shape index (κ2) is 14.2. The minimum Gasteiger partial charge on any atom is -0.487 e. The highest BCUT2D eigenvalue weighted by Crippen LogP contribution is 2.36. The van der Waals surface area contributed by atoms with Crippen molar-refractivity contribution in [2.45, 2.75) is 13.5 Å². The molecule has 3 aromatic carbocycles. The lowest BCUT2D eigenvalue weighted by Crippen LogP contribution is -2.37. The molecule has 234 valence electrons. The lowest BCUT2D eigenvalue weighted by molar-refractivity contribution is -0.122. The summed E-state index contributed by atoms with van der Waals surface area (Å²) >= 11 is 13.3. The molecule has 46 heavy (non-hydrogen) atoms. The number of benzene rings is 3.